The van der Waals surface area contributed by atoms with Crippen LogP contribution in [0.4, 0.5) is 0 Å². The molecule has 2 aromatic heterocycles. The lowest BCUT2D eigenvalue weighted by atomic mass is 10.2. The van der Waals surface area contributed by atoms with Crippen LogP contribution in [0.1, 0.15) is 16.9 Å². The van der Waals surface area contributed by atoms with E-state index >= 15 is 0 Å². The first-order valence-electron chi connectivity index (χ1n) is 7.00. The number of likely N-dealkylation sites (tertiary alicyclic amines) is 1. The third-order valence-electron chi connectivity index (χ3n) is 3.82. The van der Waals surface area contributed by atoms with Crippen LogP contribution >= 0.6 is 11.3 Å². The van der Waals surface area contributed by atoms with Gasteiger partial charge in [-0.15, -0.1) is 11.3 Å². The molecule has 1 aliphatic heterocycles. The SMILES string of the molecule is COC1CC(C(=O)O)N(C(=O)c2csc(-c3cnn(C)c3)n2)C1. The molecule has 0 spiro atoms. The second-order valence-corrected chi connectivity index (χ2v) is 6.20. The van der Waals surface area contributed by atoms with E-state index in [4.69, 9.17) is 4.74 Å². The van der Waals surface area contributed by atoms with Gasteiger partial charge in [0, 0.05) is 44.3 Å². The number of nitrogens with zero attached hydrogens (tertiary/aromatic N) is 4. The Kier molecular flexibility index (Phi) is 4.14. The fraction of sp³-hybridized carbons (Fsp3) is 0.429. The predicted molar refractivity (Wildman–Crippen MR) is 82.2 cm³/mol. The van der Waals surface area contributed by atoms with Crippen LogP contribution in [-0.2, 0) is 16.6 Å². The van der Waals surface area contributed by atoms with E-state index in [1.807, 2.05) is 6.20 Å². The summed E-state index contributed by atoms with van der Waals surface area (Å²) >= 11 is 1.33. The number of amides is 1. The number of aliphatic carboxylic acids is 1. The summed E-state index contributed by atoms with van der Waals surface area (Å²) in [6.07, 6.45) is 3.50. The smallest absolute Gasteiger partial charge is 0.326 e. The molecule has 2 unspecified atom stereocenters. The Balaban J connectivity index is 1.82. The van der Waals surface area contributed by atoms with Gasteiger partial charge in [0.1, 0.15) is 16.7 Å². The van der Waals surface area contributed by atoms with Crippen molar-refractivity contribution in [1.29, 1.82) is 0 Å². The molecule has 3 rings (SSSR count). The second-order valence-electron chi connectivity index (χ2n) is 5.35. The molecule has 1 saturated heterocycles. The van der Waals surface area contributed by atoms with Crippen molar-refractivity contribution in [2.45, 2.75) is 18.6 Å². The molecule has 0 aliphatic carbocycles. The van der Waals surface area contributed by atoms with Crippen molar-refractivity contribution in [3.8, 4) is 10.6 Å². The lowest BCUT2D eigenvalue weighted by molar-refractivity contribution is -0.141. The summed E-state index contributed by atoms with van der Waals surface area (Å²) in [6.45, 7) is 0.256. The lowest BCUT2D eigenvalue weighted by Gasteiger charge is -2.19. The number of aromatic nitrogens is 3. The molecule has 0 bridgehead atoms. The fourth-order valence-electron chi connectivity index (χ4n) is 2.61. The largest absolute Gasteiger partial charge is 0.480 e. The number of ether oxygens (including phenoxy) is 1. The highest BCUT2D eigenvalue weighted by molar-refractivity contribution is 7.13. The van der Waals surface area contributed by atoms with Gasteiger partial charge in [-0.3, -0.25) is 9.48 Å². The Labute approximate surface area is 136 Å². The highest BCUT2D eigenvalue weighted by atomic mass is 32.1. The number of rotatable bonds is 4. The highest BCUT2D eigenvalue weighted by Gasteiger charge is 2.40. The number of hydrogen-bond donors (Lipinski definition) is 1. The molecule has 1 fully saturated rings. The zero-order chi connectivity index (χ0) is 16.6. The summed E-state index contributed by atoms with van der Waals surface area (Å²) in [7, 11) is 3.32. The van der Waals surface area contributed by atoms with Crippen molar-refractivity contribution in [2.24, 2.45) is 7.05 Å². The fourth-order valence-corrected chi connectivity index (χ4v) is 3.38. The van der Waals surface area contributed by atoms with Crippen molar-refractivity contribution in [1.82, 2.24) is 19.7 Å². The normalized spacial score (nSPS) is 20.9. The quantitative estimate of drug-likeness (QED) is 0.889. The summed E-state index contributed by atoms with van der Waals surface area (Å²) in [4.78, 5) is 29.6. The predicted octanol–water partition coefficient (Wildman–Crippen LogP) is 0.858. The number of carboxylic acid groups (broad SMARTS) is 1. The zero-order valence-electron chi connectivity index (χ0n) is 12.7. The Morgan fingerprint density at radius 3 is 2.87 bits per heavy atom. The maximum atomic E-state index is 12.6. The van der Waals surface area contributed by atoms with Gasteiger partial charge in [0.15, 0.2) is 0 Å². The molecule has 8 nitrogen and oxygen atoms in total. The summed E-state index contributed by atoms with van der Waals surface area (Å²) < 4.78 is 6.85. The number of carbonyl (C=O) groups is 2. The Hall–Kier alpha value is -2.26. The van der Waals surface area contributed by atoms with Crippen molar-refractivity contribution in [3.63, 3.8) is 0 Å². The molecule has 23 heavy (non-hydrogen) atoms. The van der Waals surface area contributed by atoms with E-state index in [-0.39, 0.29) is 30.7 Å². The van der Waals surface area contributed by atoms with Gasteiger partial charge in [0.2, 0.25) is 0 Å². The van der Waals surface area contributed by atoms with Crippen LogP contribution in [0, 0.1) is 0 Å². The van der Waals surface area contributed by atoms with E-state index in [1.54, 1.807) is 23.3 Å². The minimum absolute atomic E-state index is 0.247. The summed E-state index contributed by atoms with van der Waals surface area (Å²) in [5, 5.41) is 15.7. The van der Waals surface area contributed by atoms with Crippen molar-refractivity contribution >= 4 is 23.2 Å². The maximum absolute atomic E-state index is 12.6. The molecular weight excluding hydrogens is 320 g/mol. The van der Waals surface area contributed by atoms with Gasteiger partial charge in [-0.25, -0.2) is 9.78 Å². The lowest BCUT2D eigenvalue weighted by Crippen LogP contribution is -2.40. The molecule has 1 amide bonds. The van der Waals surface area contributed by atoms with Crippen LogP contribution in [0.15, 0.2) is 17.8 Å². The van der Waals surface area contributed by atoms with Gasteiger partial charge in [0.25, 0.3) is 5.91 Å². The number of thiazole rings is 1. The number of carboxylic acids is 1. The highest BCUT2D eigenvalue weighted by Crippen LogP contribution is 2.26. The van der Waals surface area contributed by atoms with Crippen LogP contribution < -0.4 is 0 Å². The summed E-state index contributed by atoms with van der Waals surface area (Å²) in [6, 6.07) is -0.879. The topological polar surface area (TPSA) is 97.5 Å². The summed E-state index contributed by atoms with van der Waals surface area (Å²) in [5.41, 5.74) is 1.07. The first-order valence-corrected chi connectivity index (χ1v) is 7.88. The average molecular weight is 336 g/mol. The van der Waals surface area contributed by atoms with Crippen LogP contribution in [0.3, 0.4) is 0 Å². The van der Waals surface area contributed by atoms with E-state index < -0.39 is 12.0 Å². The molecule has 1 aliphatic rings. The van der Waals surface area contributed by atoms with Gasteiger partial charge in [-0.05, 0) is 0 Å². The van der Waals surface area contributed by atoms with Crippen molar-refractivity contribution < 1.29 is 19.4 Å². The molecule has 0 aromatic carbocycles. The molecule has 0 saturated carbocycles. The monoisotopic (exact) mass is 336 g/mol. The minimum atomic E-state index is -1.03. The molecule has 2 aromatic rings. The van der Waals surface area contributed by atoms with E-state index in [0.717, 1.165) is 5.56 Å². The van der Waals surface area contributed by atoms with Gasteiger partial charge < -0.3 is 14.7 Å². The van der Waals surface area contributed by atoms with Gasteiger partial charge >= 0.3 is 5.97 Å². The molecule has 3 heterocycles. The Morgan fingerprint density at radius 2 is 2.26 bits per heavy atom. The Morgan fingerprint density at radius 1 is 1.48 bits per heavy atom. The van der Waals surface area contributed by atoms with Crippen LogP contribution in [-0.4, -0.2) is 62.4 Å². The van der Waals surface area contributed by atoms with Crippen LogP contribution in [0.25, 0.3) is 10.6 Å². The van der Waals surface area contributed by atoms with E-state index in [2.05, 4.69) is 10.1 Å². The summed E-state index contributed by atoms with van der Waals surface area (Å²) in [5.74, 6) is -1.41. The first-order chi connectivity index (χ1) is 11.0. The van der Waals surface area contributed by atoms with E-state index in [9.17, 15) is 14.7 Å². The molecular formula is C14H16N4O4S. The van der Waals surface area contributed by atoms with Gasteiger partial charge in [-0.1, -0.05) is 0 Å². The van der Waals surface area contributed by atoms with Crippen LogP contribution in [0.2, 0.25) is 0 Å². The third kappa shape index (κ3) is 2.97. The molecule has 0 radical (unpaired) electrons. The zero-order valence-corrected chi connectivity index (χ0v) is 13.5. The standard InChI is InChI=1S/C14H16N4O4S/c1-17-5-8(4-15-17)12-16-10(7-23-12)13(19)18-6-9(22-2)3-11(18)14(20)21/h4-5,7,9,11H,3,6H2,1-2H3,(H,20,21). The molecule has 2 atom stereocenters. The van der Waals surface area contributed by atoms with Crippen molar-refractivity contribution in [2.75, 3.05) is 13.7 Å². The van der Waals surface area contributed by atoms with Gasteiger partial charge in [-0.2, -0.15) is 5.10 Å². The Bertz CT molecular complexity index is 741. The maximum Gasteiger partial charge on any atom is 0.326 e. The number of carbonyl (C=O) groups excluding carboxylic acids is 1. The third-order valence-corrected chi connectivity index (χ3v) is 4.71. The molecule has 9 heteroatoms. The first kappa shape index (κ1) is 15.6. The van der Waals surface area contributed by atoms with E-state index in [0.29, 0.717) is 5.01 Å². The number of hydrogen-bond acceptors (Lipinski definition) is 6. The minimum Gasteiger partial charge on any atom is -0.480 e. The molecule has 122 valence electrons. The van der Waals surface area contributed by atoms with E-state index in [1.165, 1.54) is 23.3 Å². The number of aryl methyl sites for hydroxylation is 1. The van der Waals surface area contributed by atoms with Crippen LogP contribution in [0.5, 0.6) is 0 Å². The van der Waals surface area contributed by atoms with Gasteiger partial charge in [0.05, 0.1) is 12.3 Å². The number of methoxy groups -OCH3 is 1. The van der Waals surface area contributed by atoms with Crippen molar-refractivity contribution in [3.05, 3.63) is 23.5 Å². The second kappa shape index (κ2) is 6.09. The molecule has 1 N–H and O–H groups in total. The average Bonchev–Trinajstić information content (AvgIpc) is 3.24.